The van der Waals surface area contributed by atoms with Crippen molar-refractivity contribution in [3.05, 3.63) is 95.1 Å². The molecule has 1 aliphatic heterocycles. The highest BCUT2D eigenvalue weighted by molar-refractivity contribution is 6.12. The molecule has 0 spiro atoms. The second kappa shape index (κ2) is 12.0. The molecule has 1 saturated carbocycles. The lowest BCUT2D eigenvalue weighted by atomic mass is 9.83. The molecule has 4 atom stereocenters. The molecule has 6 rings (SSSR count). The number of anilines is 1. The van der Waals surface area contributed by atoms with E-state index in [1.165, 1.54) is 5.56 Å². The van der Waals surface area contributed by atoms with Gasteiger partial charge in [0.25, 0.3) is 0 Å². The fraction of sp³-hybridized carbons (Fsp3) is 0.389. The molecule has 3 aromatic rings. The fourth-order valence-corrected chi connectivity index (χ4v) is 7.36. The first kappa shape index (κ1) is 28.1. The van der Waals surface area contributed by atoms with Crippen LogP contribution in [0.1, 0.15) is 89.1 Å². The maximum atomic E-state index is 14.2. The van der Waals surface area contributed by atoms with E-state index >= 15 is 0 Å². The van der Waals surface area contributed by atoms with Crippen molar-refractivity contribution in [3.8, 4) is 5.75 Å². The summed E-state index contributed by atoms with van der Waals surface area (Å²) in [6.07, 6.45) is 5.46. The zero-order chi connectivity index (χ0) is 29.2. The first-order valence-electron chi connectivity index (χ1n) is 15.2. The van der Waals surface area contributed by atoms with Gasteiger partial charge in [-0.25, -0.2) is 0 Å². The SMILES string of the molecule is COc1cccc(CCC[C@H]2C(=O)C3CCCC3N(C(=O)C[C@H]3CCC(=O)c4ccccc4C3=O)c3ccccc32)c1. The van der Waals surface area contributed by atoms with Crippen molar-refractivity contribution >= 4 is 28.9 Å². The number of hydrogen-bond donors (Lipinski definition) is 0. The van der Waals surface area contributed by atoms with Crippen LogP contribution in [0.25, 0.3) is 0 Å². The molecule has 0 N–H and O–H groups in total. The van der Waals surface area contributed by atoms with E-state index in [4.69, 9.17) is 4.74 Å². The van der Waals surface area contributed by atoms with Gasteiger partial charge < -0.3 is 9.64 Å². The molecule has 3 aromatic carbocycles. The summed E-state index contributed by atoms with van der Waals surface area (Å²) in [7, 11) is 1.66. The van der Waals surface area contributed by atoms with Gasteiger partial charge in [0.2, 0.25) is 5.91 Å². The monoisotopic (exact) mass is 563 g/mol. The zero-order valence-corrected chi connectivity index (χ0v) is 24.1. The van der Waals surface area contributed by atoms with E-state index in [-0.39, 0.29) is 54.0 Å². The summed E-state index contributed by atoms with van der Waals surface area (Å²) >= 11 is 0. The number of ketones is 3. The first-order valence-corrected chi connectivity index (χ1v) is 15.2. The van der Waals surface area contributed by atoms with Gasteiger partial charge in [-0.1, -0.05) is 61.0 Å². The number of para-hydroxylation sites is 1. The predicted molar refractivity (Wildman–Crippen MR) is 161 cm³/mol. The number of fused-ring (bicyclic) bond motifs is 3. The maximum absolute atomic E-state index is 14.2. The molecule has 216 valence electrons. The molecule has 3 aliphatic rings. The van der Waals surface area contributed by atoms with Crippen molar-refractivity contribution in [2.75, 3.05) is 12.0 Å². The number of methoxy groups -OCH3 is 1. The second-order valence-corrected chi connectivity index (χ2v) is 11.9. The number of hydrogen-bond acceptors (Lipinski definition) is 5. The number of Topliss-reactive ketones (excluding diaryl/α,β-unsaturated/α-hetero) is 3. The fourth-order valence-electron chi connectivity index (χ4n) is 7.36. The first-order chi connectivity index (χ1) is 20.5. The lowest BCUT2D eigenvalue weighted by Gasteiger charge is -2.32. The van der Waals surface area contributed by atoms with E-state index in [9.17, 15) is 19.2 Å². The number of benzene rings is 3. The summed E-state index contributed by atoms with van der Waals surface area (Å²) in [6, 6.07) is 22.6. The van der Waals surface area contributed by atoms with E-state index in [1.807, 2.05) is 47.4 Å². The van der Waals surface area contributed by atoms with E-state index in [0.29, 0.717) is 24.0 Å². The Bertz CT molecular complexity index is 1530. The van der Waals surface area contributed by atoms with Crippen molar-refractivity contribution in [2.45, 2.75) is 69.7 Å². The summed E-state index contributed by atoms with van der Waals surface area (Å²) in [5.74, 6) is -0.310. The van der Waals surface area contributed by atoms with Crippen LogP contribution in [0.3, 0.4) is 0 Å². The summed E-state index contributed by atoms with van der Waals surface area (Å²) in [5, 5.41) is 0. The van der Waals surface area contributed by atoms with Gasteiger partial charge in [-0.15, -0.1) is 0 Å². The van der Waals surface area contributed by atoms with Crippen LogP contribution in [0.5, 0.6) is 5.75 Å². The van der Waals surface area contributed by atoms with Crippen LogP contribution >= 0.6 is 0 Å². The molecule has 2 aliphatic carbocycles. The highest BCUT2D eigenvalue weighted by atomic mass is 16.5. The van der Waals surface area contributed by atoms with Gasteiger partial charge in [-0.05, 0) is 67.9 Å². The minimum atomic E-state index is -0.560. The van der Waals surface area contributed by atoms with Gasteiger partial charge in [-0.3, -0.25) is 19.2 Å². The highest BCUT2D eigenvalue weighted by Crippen LogP contribution is 2.45. The minimum absolute atomic E-state index is 0.0344. The largest absolute Gasteiger partial charge is 0.497 e. The summed E-state index contributed by atoms with van der Waals surface area (Å²) in [4.78, 5) is 56.5. The molecule has 1 heterocycles. The Hall–Kier alpha value is -4.06. The smallest absolute Gasteiger partial charge is 0.228 e. The average molecular weight is 564 g/mol. The van der Waals surface area contributed by atoms with E-state index < -0.39 is 5.92 Å². The number of aryl methyl sites for hydroxylation is 1. The van der Waals surface area contributed by atoms with Gasteiger partial charge in [0, 0.05) is 53.5 Å². The van der Waals surface area contributed by atoms with Crippen LogP contribution in [0.15, 0.2) is 72.8 Å². The molecule has 6 heteroatoms. The van der Waals surface area contributed by atoms with Crippen molar-refractivity contribution < 1.29 is 23.9 Å². The molecule has 2 unspecified atom stereocenters. The Balaban J connectivity index is 1.27. The van der Waals surface area contributed by atoms with Gasteiger partial charge in [0.05, 0.1) is 7.11 Å². The van der Waals surface area contributed by atoms with Crippen LogP contribution in [0.2, 0.25) is 0 Å². The Kier molecular flexibility index (Phi) is 8.05. The average Bonchev–Trinajstić information content (AvgIpc) is 3.43. The third-order valence-corrected chi connectivity index (χ3v) is 9.46. The zero-order valence-electron chi connectivity index (χ0n) is 24.1. The number of carbonyl (C=O) groups excluding carboxylic acids is 4. The topological polar surface area (TPSA) is 80.8 Å². The van der Waals surface area contributed by atoms with Crippen molar-refractivity contribution in [1.29, 1.82) is 0 Å². The summed E-state index contributed by atoms with van der Waals surface area (Å²) in [5.41, 5.74) is 3.75. The summed E-state index contributed by atoms with van der Waals surface area (Å²) < 4.78 is 5.37. The van der Waals surface area contributed by atoms with E-state index in [2.05, 4.69) is 6.07 Å². The van der Waals surface area contributed by atoms with Crippen LogP contribution < -0.4 is 9.64 Å². The molecule has 0 aromatic heterocycles. The lowest BCUT2D eigenvalue weighted by Crippen LogP contribution is -2.44. The minimum Gasteiger partial charge on any atom is -0.497 e. The summed E-state index contributed by atoms with van der Waals surface area (Å²) in [6.45, 7) is 0. The molecule has 6 nitrogen and oxygen atoms in total. The lowest BCUT2D eigenvalue weighted by molar-refractivity contribution is -0.125. The highest BCUT2D eigenvalue weighted by Gasteiger charge is 2.46. The number of carbonyl (C=O) groups is 4. The van der Waals surface area contributed by atoms with Crippen molar-refractivity contribution in [1.82, 2.24) is 0 Å². The number of amides is 1. The van der Waals surface area contributed by atoms with Crippen molar-refractivity contribution in [2.24, 2.45) is 11.8 Å². The van der Waals surface area contributed by atoms with Gasteiger partial charge in [0.1, 0.15) is 11.5 Å². The molecule has 0 radical (unpaired) electrons. The van der Waals surface area contributed by atoms with Crippen LogP contribution in [-0.4, -0.2) is 36.4 Å². The van der Waals surface area contributed by atoms with Gasteiger partial charge >= 0.3 is 0 Å². The normalized spacial score (nSPS) is 23.5. The molecule has 1 amide bonds. The number of rotatable bonds is 7. The molecular weight excluding hydrogens is 526 g/mol. The predicted octanol–water partition coefficient (Wildman–Crippen LogP) is 6.75. The Morgan fingerprint density at radius 1 is 0.905 bits per heavy atom. The maximum Gasteiger partial charge on any atom is 0.228 e. The van der Waals surface area contributed by atoms with Gasteiger partial charge in [0.15, 0.2) is 11.6 Å². The second-order valence-electron chi connectivity index (χ2n) is 11.9. The third kappa shape index (κ3) is 5.31. The van der Waals surface area contributed by atoms with E-state index in [1.54, 1.807) is 31.4 Å². The van der Waals surface area contributed by atoms with Crippen LogP contribution in [-0.2, 0) is 16.0 Å². The van der Waals surface area contributed by atoms with Crippen LogP contribution in [0.4, 0.5) is 5.69 Å². The third-order valence-electron chi connectivity index (χ3n) is 9.46. The molecule has 0 saturated heterocycles. The Morgan fingerprint density at radius 2 is 1.69 bits per heavy atom. The molecule has 0 bridgehead atoms. The van der Waals surface area contributed by atoms with Crippen molar-refractivity contribution in [3.63, 3.8) is 0 Å². The number of ether oxygens (including phenoxy) is 1. The van der Waals surface area contributed by atoms with E-state index in [0.717, 1.165) is 49.1 Å². The van der Waals surface area contributed by atoms with Crippen LogP contribution in [0, 0.1) is 11.8 Å². The Labute approximate surface area is 247 Å². The molecule has 1 fully saturated rings. The standard InChI is InChI=1S/C36H37NO5/c1-42-25-11-6-9-23(21-25)10-7-15-28-26-12-4-5-17-31(26)37(32-18-8-16-30(32)36(28)41)34(39)22-24-19-20-33(38)27-13-2-3-14-29(27)35(24)40/h2-6,9,11-14,17,21,24,28,30,32H,7-8,10,15-16,18-20,22H2,1H3/t24-,28-,30?,32?/m1/s1. The number of nitrogens with zero attached hydrogens (tertiary/aromatic N) is 1. The Morgan fingerprint density at radius 3 is 2.52 bits per heavy atom. The quantitative estimate of drug-likeness (QED) is 0.297. The molecular formula is C36H37NO5. The molecule has 42 heavy (non-hydrogen) atoms. The van der Waals surface area contributed by atoms with Gasteiger partial charge in [-0.2, -0.15) is 0 Å².